The van der Waals surface area contributed by atoms with Crippen LogP contribution in [0.1, 0.15) is 127 Å². The number of carbonyl (C=O) groups excluding carboxylic acids is 1. The molecule has 0 heterocycles. The second-order valence-electron chi connectivity index (χ2n) is 15.0. The first-order valence-corrected chi connectivity index (χ1v) is 14.0. The minimum Gasteiger partial charge on any atom is -0.507 e. The minimum atomic E-state index is -1.36. The fraction of sp³-hybridized carbons (Fsp3) is 0.472. The van der Waals surface area contributed by atoms with Crippen LogP contribution in [0.5, 0.6) is 5.75 Å². The Labute approximate surface area is 236 Å². The highest BCUT2D eigenvalue weighted by molar-refractivity contribution is 6.04. The summed E-state index contributed by atoms with van der Waals surface area (Å²) in [5, 5.41) is 22.9. The molecule has 0 spiro atoms. The van der Waals surface area contributed by atoms with Gasteiger partial charge in [0.15, 0.2) is 5.78 Å². The Morgan fingerprint density at radius 3 is 1.67 bits per heavy atom. The molecule has 3 heteroatoms. The molecule has 0 fully saturated rings. The van der Waals surface area contributed by atoms with E-state index in [0.29, 0.717) is 5.56 Å². The lowest BCUT2D eigenvalue weighted by Gasteiger charge is -2.35. The monoisotopic (exact) mass is 528 g/mol. The number of Topliss-reactive ketones (excluding diaryl/α,β-unsaturated/α-hetero) is 1. The molecule has 3 aromatic rings. The van der Waals surface area contributed by atoms with E-state index >= 15 is 0 Å². The number of hydrogen-bond acceptors (Lipinski definition) is 3. The molecular weight excluding hydrogens is 480 g/mol. The van der Waals surface area contributed by atoms with Crippen molar-refractivity contribution in [1.29, 1.82) is 0 Å². The molecule has 0 aliphatic carbocycles. The van der Waals surface area contributed by atoms with Crippen LogP contribution in [0, 0.1) is 0 Å². The summed E-state index contributed by atoms with van der Waals surface area (Å²) in [7, 11) is 0. The molecule has 0 bridgehead atoms. The molecule has 0 aromatic heterocycles. The van der Waals surface area contributed by atoms with Crippen LogP contribution >= 0.6 is 0 Å². The predicted octanol–water partition coefficient (Wildman–Crippen LogP) is 9.17. The summed E-state index contributed by atoms with van der Waals surface area (Å²) in [6.07, 6.45) is -1.36. The lowest BCUT2D eigenvalue weighted by atomic mass is 9.69. The maximum Gasteiger partial charge on any atom is 0.199 e. The van der Waals surface area contributed by atoms with Gasteiger partial charge in [-0.2, -0.15) is 0 Å². The molecule has 3 nitrogen and oxygen atoms in total. The predicted molar refractivity (Wildman–Crippen MR) is 164 cm³/mol. The van der Waals surface area contributed by atoms with Gasteiger partial charge in [0.1, 0.15) is 11.9 Å². The first-order valence-electron chi connectivity index (χ1n) is 14.0. The minimum absolute atomic E-state index is 0.00969. The number of aliphatic hydroxyl groups excluding tert-OH is 1. The molecule has 210 valence electrons. The molecular formula is C36H48O3. The van der Waals surface area contributed by atoms with Gasteiger partial charge in [-0.05, 0) is 61.1 Å². The zero-order chi connectivity index (χ0) is 29.7. The fourth-order valence-electron chi connectivity index (χ4n) is 5.25. The van der Waals surface area contributed by atoms with E-state index in [1.807, 2.05) is 12.1 Å². The summed E-state index contributed by atoms with van der Waals surface area (Å²) in [4.78, 5) is 13.7. The summed E-state index contributed by atoms with van der Waals surface area (Å²) in [6.45, 7) is 26.0. The molecule has 0 saturated carbocycles. The van der Waals surface area contributed by atoms with Crippen LogP contribution in [0.25, 0.3) is 11.1 Å². The van der Waals surface area contributed by atoms with Crippen LogP contribution in [0.15, 0.2) is 54.6 Å². The zero-order valence-corrected chi connectivity index (χ0v) is 26.1. The Hall–Kier alpha value is -2.91. The van der Waals surface area contributed by atoms with Crippen LogP contribution in [0.3, 0.4) is 0 Å². The number of phenols is 1. The number of aromatic hydroxyl groups is 1. The van der Waals surface area contributed by atoms with Crippen molar-refractivity contribution < 1.29 is 15.0 Å². The highest BCUT2D eigenvalue weighted by Crippen LogP contribution is 2.49. The number of hydrogen-bond donors (Lipinski definition) is 2. The zero-order valence-electron chi connectivity index (χ0n) is 26.1. The molecule has 1 unspecified atom stereocenters. The summed E-state index contributed by atoms with van der Waals surface area (Å²) >= 11 is 0. The van der Waals surface area contributed by atoms with Crippen LogP contribution in [0.4, 0.5) is 0 Å². The van der Waals surface area contributed by atoms with Crippen LogP contribution in [0.2, 0.25) is 0 Å². The molecule has 3 rings (SSSR count). The van der Waals surface area contributed by atoms with E-state index in [2.05, 4.69) is 101 Å². The van der Waals surface area contributed by atoms with Gasteiger partial charge in [0.2, 0.25) is 0 Å². The number of ketones is 1. The van der Waals surface area contributed by atoms with E-state index < -0.39 is 17.3 Å². The maximum atomic E-state index is 13.7. The smallest absolute Gasteiger partial charge is 0.199 e. The van der Waals surface area contributed by atoms with Crippen molar-refractivity contribution in [2.24, 2.45) is 0 Å². The number of phenolic OH excluding ortho intramolecular Hbond substituents is 1. The molecule has 0 radical (unpaired) electrons. The van der Waals surface area contributed by atoms with Crippen LogP contribution in [-0.2, 0) is 21.7 Å². The Morgan fingerprint density at radius 2 is 1.21 bits per heavy atom. The maximum absolute atomic E-state index is 13.7. The quantitative estimate of drug-likeness (QED) is 0.332. The lowest BCUT2D eigenvalue weighted by Crippen LogP contribution is -2.24. The lowest BCUT2D eigenvalue weighted by molar-refractivity contribution is 0.0744. The van der Waals surface area contributed by atoms with Gasteiger partial charge < -0.3 is 10.2 Å². The molecule has 0 aliphatic heterocycles. The highest BCUT2D eigenvalue weighted by atomic mass is 16.3. The molecule has 39 heavy (non-hydrogen) atoms. The normalized spacial score (nSPS) is 13.9. The Bertz CT molecular complexity index is 1350. The first-order chi connectivity index (χ1) is 17.7. The number of rotatable bonds is 4. The Balaban J connectivity index is 2.48. The van der Waals surface area contributed by atoms with E-state index in [-0.39, 0.29) is 27.6 Å². The summed E-state index contributed by atoms with van der Waals surface area (Å²) < 4.78 is 0. The molecule has 0 aliphatic rings. The molecule has 3 aromatic carbocycles. The molecule has 0 amide bonds. The van der Waals surface area contributed by atoms with Crippen molar-refractivity contribution in [1.82, 2.24) is 0 Å². The van der Waals surface area contributed by atoms with Gasteiger partial charge in [-0.3, -0.25) is 4.79 Å². The highest BCUT2D eigenvalue weighted by Gasteiger charge is 2.36. The topological polar surface area (TPSA) is 57.5 Å². The number of aliphatic hydroxyl groups is 1. The van der Waals surface area contributed by atoms with Gasteiger partial charge in [-0.15, -0.1) is 0 Å². The van der Waals surface area contributed by atoms with Crippen molar-refractivity contribution in [3.8, 4) is 16.9 Å². The summed E-state index contributed by atoms with van der Waals surface area (Å²) in [5.41, 5.74) is 5.89. The Kier molecular flexibility index (Phi) is 8.05. The van der Waals surface area contributed by atoms with E-state index in [1.165, 1.54) is 11.1 Å². The van der Waals surface area contributed by atoms with Crippen molar-refractivity contribution in [3.63, 3.8) is 0 Å². The third-order valence-electron chi connectivity index (χ3n) is 7.45. The van der Waals surface area contributed by atoms with Gasteiger partial charge in [0, 0.05) is 5.56 Å². The number of carbonyl (C=O) groups is 1. The average molecular weight is 529 g/mol. The largest absolute Gasteiger partial charge is 0.507 e. The van der Waals surface area contributed by atoms with Gasteiger partial charge in [-0.1, -0.05) is 132 Å². The van der Waals surface area contributed by atoms with E-state index in [4.69, 9.17) is 0 Å². The van der Waals surface area contributed by atoms with Crippen molar-refractivity contribution >= 4 is 5.78 Å². The van der Waals surface area contributed by atoms with Crippen LogP contribution < -0.4 is 0 Å². The third kappa shape index (κ3) is 6.30. The first kappa shape index (κ1) is 30.6. The second-order valence-corrected chi connectivity index (χ2v) is 15.0. The molecule has 0 saturated heterocycles. The van der Waals surface area contributed by atoms with E-state index in [0.717, 1.165) is 22.3 Å². The van der Waals surface area contributed by atoms with Crippen molar-refractivity contribution in [2.75, 3.05) is 0 Å². The van der Waals surface area contributed by atoms with Crippen molar-refractivity contribution in [3.05, 3.63) is 88.0 Å². The SMILES string of the molecule is CC(C)(C)c1ccc(-c2c(C(C)(C)C)cc(C(=O)C(O)c3ccccc3)c(O)c2C(C)(C)C)c(C(C)(C)C)c1. The van der Waals surface area contributed by atoms with Crippen molar-refractivity contribution in [2.45, 2.75) is 111 Å². The summed E-state index contributed by atoms with van der Waals surface area (Å²) in [6, 6.07) is 17.4. The van der Waals surface area contributed by atoms with Gasteiger partial charge in [0.25, 0.3) is 0 Å². The fourth-order valence-corrected chi connectivity index (χ4v) is 5.25. The van der Waals surface area contributed by atoms with E-state index in [9.17, 15) is 15.0 Å². The van der Waals surface area contributed by atoms with Crippen LogP contribution in [-0.4, -0.2) is 16.0 Å². The van der Waals surface area contributed by atoms with E-state index in [1.54, 1.807) is 24.3 Å². The third-order valence-corrected chi connectivity index (χ3v) is 7.45. The molecule has 2 N–H and O–H groups in total. The van der Waals surface area contributed by atoms with Gasteiger partial charge in [0.05, 0.1) is 5.56 Å². The second kappa shape index (κ2) is 10.2. The van der Waals surface area contributed by atoms with Gasteiger partial charge >= 0.3 is 0 Å². The van der Waals surface area contributed by atoms with Gasteiger partial charge in [-0.25, -0.2) is 0 Å². The average Bonchev–Trinajstić information content (AvgIpc) is 2.80. The Morgan fingerprint density at radius 1 is 0.667 bits per heavy atom. The summed E-state index contributed by atoms with van der Waals surface area (Å²) in [5.74, 6) is -0.550. The number of benzene rings is 3. The standard InChI is InChI=1S/C36H48O3/c1-33(2,3)23-18-19-24(26(20-23)34(4,5)6)28-27(35(7,8)9)21-25(31(38)29(28)36(10,11)12)32(39)30(37)22-16-14-13-15-17-22/h13-21,30,37-38H,1-12H3. The molecule has 1 atom stereocenters.